The van der Waals surface area contributed by atoms with Gasteiger partial charge in [-0.2, -0.15) is 0 Å². The molecule has 1 aliphatic rings. The second-order valence-electron chi connectivity index (χ2n) is 7.80. The molecule has 0 aliphatic carbocycles. The first kappa shape index (κ1) is 23.9. The number of halogens is 2. The van der Waals surface area contributed by atoms with Gasteiger partial charge in [0.2, 0.25) is 0 Å². The fraction of sp³-hybridized carbons (Fsp3) is 0.231. The highest BCUT2D eigenvalue weighted by Crippen LogP contribution is 2.35. The van der Waals surface area contributed by atoms with Crippen LogP contribution in [0.2, 0.25) is 10.0 Å². The second kappa shape index (κ2) is 10.8. The number of amides is 2. The average molecular weight is 499 g/mol. The van der Waals surface area contributed by atoms with Gasteiger partial charge in [0, 0.05) is 17.8 Å². The van der Waals surface area contributed by atoms with Gasteiger partial charge < -0.3 is 19.7 Å². The quantitative estimate of drug-likeness (QED) is 0.386. The van der Waals surface area contributed by atoms with Gasteiger partial charge in [-0.1, -0.05) is 42.3 Å². The Balaban J connectivity index is 1.41. The van der Waals surface area contributed by atoms with E-state index < -0.39 is 0 Å². The van der Waals surface area contributed by atoms with E-state index in [9.17, 15) is 9.59 Å². The summed E-state index contributed by atoms with van der Waals surface area (Å²) in [5, 5.41) is 3.50. The zero-order valence-corrected chi connectivity index (χ0v) is 20.2. The fourth-order valence-electron chi connectivity index (χ4n) is 3.60. The molecule has 34 heavy (non-hydrogen) atoms. The van der Waals surface area contributed by atoms with Crippen molar-refractivity contribution in [2.45, 2.75) is 19.8 Å². The summed E-state index contributed by atoms with van der Waals surface area (Å²) >= 11 is 12.0. The predicted molar refractivity (Wildman–Crippen MR) is 135 cm³/mol. The molecule has 8 heteroatoms. The maximum absolute atomic E-state index is 12.6. The third kappa shape index (κ3) is 5.64. The maximum Gasteiger partial charge on any atom is 0.265 e. The molecule has 1 aliphatic heterocycles. The molecule has 0 spiro atoms. The number of nitrogens with one attached hydrogen (secondary N) is 1. The lowest BCUT2D eigenvalue weighted by atomic mass is 10.1. The van der Waals surface area contributed by atoms with E-state index in [2.05, 4.69) is 12.2 Å². The smallest absolute Gasteiger partial charge is 0.265 e. The third-order valence-corrected chi connectivity index (χ3v) is 6.21. The molecule has 176 valence electrons. The van der Waals surface area contributed by atoms with Crippen molar-refractivity contribution in [2.24, 2.45) is 0 Å². The minimum absolute atomic E-state index is 0.0265. The van der Waals surface area contributed by atoms with Gasteiger partial charge >= 0.3 is 0 Å². The van der Waals surface area contributed by atoms with Crippen LogP contribution in [-0.4, -0.2) is 31.6 Å². The highest BCUT2D eigenvalue weighted by atomic mass is 35.5. The van der Waals surface area contributed by atoms with E-state index in [0.29, 0.717) is 52.3 Å². The number of hydrogen-bond acceptors (Lipinski definition) is 4. The Hall–Kier alpha value is -3.22. The van der Waals surface area contributed by atoms with Crippen molar-refractivity contribution < 1.29 is 19.1 Å². The van der Waals surface area contributed by atoms with E-state index in [-0.39, 0.29) is 18.4 Å². The Morgan fingerprint density at radius 1 is 1.06 bits per heavy atom. The molecule has 0 aromatic heterocycles. The Labute approximate surface area is 208 Å². The molecule has 0 fully saturated rings. The highest BCUT2D eigenvalue weighted by molar-refractivity contribution is 6.42. The van der Waals surface area contributed by atoms with Crippen LogP contribution < -0.4 is 19.7 Å². The number of carbonyl (C=O) groups excluding carboxylic acids is 2. The Morgan fingerprint density at radius 3 is 2.59 bits per heavy atom. The summed E-state index contributed by atoms with van der Waals surface area (Å²) in [6.45, 7) is 3.02. The summed E-state index contributed by atoms with van der Waals surface area (Å²) in [6, 6.07) is 17.9. The second-order valence-corrected chi connectivity index (χ2v) is 8.61. The topological polar surface area (TPSA) is 67.9 Å². The summed E-state index contributed by atoms with van der Waals surface area (Å²) in [7, 11) is 0. The largest absolute Gasteiger partial charge is 0.494 e. The fourth-order valence-corrected chi connectivity index (χ4v) is 3.90. The minimum atomic E-state index is -0.337. The van der Waals surface area contributed by atoms with Crippen LogP contribution in [0.25, 0.3) is 0 Å². The molecule has 6 nitrogen and oxygen atoms in total. The lowest BCUT2D eigenvalue weighted by molar-refractivity contribution is -0.121. The van der Waals surface area contributed by atoms with Gasteiger partial charge in [0.1, 0.15) is 11.5 Å². The van der Waals surface area contributed by atoms with Gasteiger partial charge in [-0.15, -0.1) is 0 Å². The van der Waals surface area contributed by atoms with Gasteiger partial charge in [-0.3, -0.25) is 9.59 Å². The van der Waals surface area contributed by atoms with E-state index in [1.54, 1.807) is 35.2 Å². The van der Waals surface area contributed by atoms with Crippen molar-refractivity contribution in [1.82, 2.24) is 0 Å². The van der Waals surface area contributed by atoms with Crippen molar-refractivity contribution in [3.63, 3.8) is 0 Å². The van der Waals surface area contributed by atoms with Crippen LogP contribution in [0.3, 0.4) is 0 Å². The first-order valence-electron chi connectivity index (χ1n) is 11.0. The molecule has 1 N–H and O–H groups in total. The van der Waals surface area contributed by atoms with E-state index in [1.165, 1.54) is 11.6 Å². The number of anilines is 2. The van der Waals surface area contributed by atoms with Gasteiger partial charge in [0.15, 0.2) is 6.61 Å². The van der Waals surface area contributed by atoms with Crippen LogP contribution in [0.5, 0.6) is 11.5 Å². The molecule has 3 aromatic carbocycles. The molecule has 0 unspecified atom stereocenters. The minimum Gasteiger partial charge on any atom is -0.494 e. The summed E-state index contributed by atoms with van der Waals surface area (Å²) in [5.74, 6) is 0.907. The molecule has 1 heterocycles. The number of fused-ring (bicyclic) bond motifs is 1. The summed E-state index contributed by atoms with van der Waals surface area (Å²) in [4.78, 5) is 26.9. The summed E-state index contributed by atoms with van der Waals surface area (Å²) < 4.78 is 11.4. The molecular weight excluding hydrogens is 475 g/mol. The van der Waals surface area contributed by atoms with Crippen LogP contribution in [0.4, 0.5) is 11.4 Å². The molecule has 0 saturated carbocycles. The number of rotatable bonds is 8. The SMILES string of the molecule is CCc1ccc(OCCCN2C(=O)COc3ccc(NC(=O)c4ccc(Cl)c(Cl)c4)cc32)cc1. The van der Waals surface area contributed by atoms with Gasteiger partial charge in [0.25, 0.3) is 11.8 Å². The Kier molecular flexibility index (Phi) is 7.60. The van der Waals surface area contributed by atoms with Gasteiger partial charge in [-0.25, -0.2) is 0 Å². The molecular formula is C26H24Cl2N2O4. The molecule has 0 saturated heterocycles. The lowest BCUT2D eigenvalue weighted by Gasteiger charge is -2.30. The van der Waals surface area contributed by atoms with Crippen LogP contribution in [-0.2, 0) is 11.2 Å². The molecule has 0 radical (unpaired) electrons. The molecule has 3 aromatic rings. The van der Waals surface area contributed by atoms with E-state index in [1.807, 2.05) is 24.3 Å². The zero-order chi connectivity index (χ0) is 24.1. The number of benzene rings is 3. The number of ether oxygens (including phenoxy) is 2. The molecule has 4 rings (SSSR count). The average Bonchev–Trinajstić information content (AvgIpc) is 2.85. The van der Waals surface area contributed by atoms with Crippen molar-refractivity contribution in [3.05, 3.63) is 81.8 Å². The van der Waals surface area contributed by atoms with E-state index in [4.69, 9.17) is 32.7 Å². The van der Waals surface area contributed by atoms with Crippen molar-refractivity contribution in [3.8, 4) is 11.5 Å². The van der Waals surface area contributed by atoms with Crippen LogP contribution in [0, 0.1) is 0 Å². The van der Waals surface area contributed by atoms with Crippen LogP contribution >= 0.6 is 23.2 Å². The Morgan fingerprint density at radius 2 is 1.85 bits per heavy atom. The summed E-state index contributed by atoms with van der Waals surface area (Å²) in [6.07, 6.45) is 1.62. The highest BCUT2D eigenvalue weighted by Gasteiger charge is 2.26. The number of carbonyl (C=O) groups is 2. The molecule has 0 bridgehead atoms. The lowest BCUT2D eigenvalue weighted by Crippen LogP contribution is -2.39. The summed E-state index contributed by atoms with van der Waals surface area (Å²) in [5.41, 5.74) is 2.77. The monoisotopic (exact) mass is 498 g/mol. The third-order valence-electron chi connectivity index (χ3n) is 5.47. The first-order chi connectivity index (χ1) is 16.4. The number of hydrogen-bond donors (Lipinski definition) is 1. The van der Waals surface area contributed by atoms with Gasteiger partial charge in [0.05, 0.1) is 22.3 Å². The molecule has 0 atom stereocenters. The van der Waals surface area contributed by atoms with Crippen molar-refractivity contribution >= 4 is 46.4 Å². The van der Waals surface area contributed by atoms with Crippen molar-refractivity contribution in [2.75, 3.05) is 30.0 Å². The zero-order valence-electron chi connectivity index (χ0n) is 18.6. The maximum atomic E-state index is 12.6. The standard InChI is InChI=1S/C26H24Cl2N2O4/c1-2-17-4-8-20(9-5-17)33-13-3-12-30-23-15-19(7-11-24(23)34-16-25(30)31)29-26(32)18-6-10-21(27)22(28)14-18/h4-11,14-15H,2-3,12-13,16H2,1H3,(H,29,32). The molecule has 2 amide bonds. The van der Waals surface area contributed by atoms with Gasteiger partial charge in [-0.05, 0) is 66.9 Å². The van der Waals surface area contributed by atoms with Crippen molar-refractivity contribution in [1.29, 1.82) is 0 Å². The number of nitrogens with zero attached hydrogens (tertiary/aromatic N) is 1. The van der Waals surface area contributed by atoms with Crippen LogP contribution in [0.15, 0.2) is 60.7 Å². The van der Waals surface area contributed by atoms with E-state index in [0.717, 1.165) is 12.2 Å². The predicted octanol–water partition coefficient (Wildman–Crippen LogP) is 6.00. The first-order valence-corrected chi connectivity index (χ1v) is 11.8. The van der Waals surface area contributed by atoms with E-state index >= 15 is 0 Å². The number of aryl methyl sites for hydroxylation is 1. The normalized spacial score (nSPS) is 12.7. The Bertz CT molecular complexity index is 1200. The van der Waals surface area contributed by atoms with Crippen LogP contribution in [0.1, 0.15) is 29.3 Å².